The van der Waals surface area contributed by atoms with Crippen molar-refractivity contribution >= 4 is 57.9 Å². The second kappa shape index (κ2) is 8.19. The van der Waals surface area contributed by atoms with Crippen molar-refractivity contribution < 1.29 is 14.0 Å². The summed E-state index contributed by atoms with van der Waals surface area (Å²) in [6.07, 6.45) is 1.48. The van der Waals surface area contributed by atoms with Gasteiger partial charge in [-0.25, -0.2) is 0 Å². The van der Waals surface area contributed by atoms with Crippen molar-refractivity contribution in [2.45, 2.75) is 13.5 Å². The summed E-state index contributed by atoms with van der Waals surface area (Å²) >= 11 is 18.6. The Morgan fingerprint density at radius 1 is 0.967 bits per heavy atom. The number of carbonyl (C=O) groups is 2. The maximum absolute atomic E-state index is 13.2. The van der Waals surface area contributed by atoms with Gasteiger partial charge in [0.2, 0.25) is 0 Å². The van der Waals surface area contributed by atoms with Crippen LogP contribution in [0.2, 0.25) is 15.1 Å². The quantitative estimate of drug-likeness (QED) is 0.478. The van der Waals surface area contributed by atoms with Crippen LogP contribution < -0.4 is 5.32 Å². The molecule has 1 aromatic heterocycles. The molecule has 2 amide bonds. The fraction of sp³-hybridized carbons (Fsp3) is 0.0909. The van der Waals surface area contributed by atoms with Crippen LogP contribution in [-0.4, -0.2) is 16.7 Å². The summed E-state index contributed by atoms with van der Waals surface area (Å²) in [5.74, 6) is -0.492. The van der Waals surface area contributed by atoms with E-state index in [-0.39, 0.29) is 22.8 Å². The molecule has 0 saturated carbocycles. The molecular formula is C22H15Cl3N2O3. The van der Waals surface area contributed by atoms with Crippen LogP contribution >= 0.6 is 34.8 Å². The number of nitrogens with zero attached hydrogens (tertiary/aromatic N) is 1. The molecule has 152 valence electrons. The van der Waals surface area contributed by atoms with Crippen molar-refractivity contribution in [3.63, 3.8) is 0 Å². The zero-order valence-electron chi connectivity index (χ0n) is 15.7. The first-order chi connectivity index (χ1) is 14.3. The molecule has 3 aromatic rings. The smallest absolute Gasteiger partial charge is 0.278 e. The number of carbonyl (C=O) groups excluding carboxylic acids is 2. The molecule has 1 aliphatic heterocycles. The molecule has 30 heavy (non-hydrogen) atoms. The van der Waals surface area contributed by atoms with Crippen LogP contribution in [0, 0.1) is 6.92 Å². The van der Waals surface area contributed by atoms with Crippen molar-refractivity contribution in [2.24, 2.45) is 0 Å². The number of rotatable bonds is 5. The Morgan fingerprint density at radius 2 is 1.77 bits per heavy atom. The van der Waals surface area contributed by atoms with E-state index in [1.54, 1.807) is 36.4 Å². The monoisotopic (exact) mass is 460 g/mol. The van der Waals surface area contributed by atoms with Crippen molar-refractivity contribution in [3.8, 4) is 0 Å². The van der Waals surface area contributed by atoms with E-state index < -0.39 is 11.8 Å². The molecule has 0 atom stereocenters. The first kappa shape index (κ1) is 20.5. The molecular weight excluding hydrogens is 447 g/mol. The summed E-state index contributed by atoms with van der Waals surface area (Å²) < 4.78 is 5.31. The van der Waals surface area contributed by atoms with Crippen LogP contribution in [0.15, 0.2) is 64.9 Å². The summed E-state index contributed by atoms with van der Waals surface area (Å²) in [5, 5.41) is 4.28. The van der Waals surface area contributed by atoms with Gasteiger partial charge in [0.05, 0.1) is 23.4 Å². The zero-order valence-corrected chi connectivity index (χ0v) is 18.0. The van der Waals surface area contributed by atoms with E-state index in [0.29, 0.717) is 27.1 Å². The summed E-state index contributed by atoms with van der Waals surface area (Å²) in [6.45, 7) is 1.87. The number of hydrogen-bond acceptors (Lipinski definition) is 4. The van der Waals surface area contributed by atoms with E-state index in [1.165, 1.54) is 12.3 Å². The van der Waals surface area contributed by atoms with Crippen LogP contribution in [0.25, 0.3) is 5.57 Å². The minimum atomic E-state index is -0.492. The number of nitrogens with one attached hydrogen (secondary N) is 1. The number of furan rings is 1. The minimum absolute atomic E-state index is 0.000784. The first-order valence-corrected chi connectivity index (χ1v) is 10.1. The van der Waals surface area contributed by atoms with Gasteiger partial charge in [0, 0.05) is 21.3 Å². The molecule has 2 heterocycles. The van der Waals surface area contributed by atoms with E-state index in [1.807, 2.05) is 13.0 Å². The lowest BCUT2D eigenvalue weighted by molar-refractivity contribution is -0.137. The predicted octanol–water partition coefficient (Wildman–Crippen LogP) is 5.94. The molecule has 0 saturated heterocycles. The van der Waals surface area contributed by atoms with Gasteiger partial charge in [-0.1, -0.05) is 46.9 Å². The minimum Gasteiger partial charge on any atom is -0.467 e. The predicted molar refractivity (Wildman–Crippen MR) is 117 cm³/mol. The number of aryl methyl sites for hydroxylation is 1. The Hall–Kier alpha value is -2.73. The van der Waals surface area contributed by atoms with E-state index >= 15 is 0 Å². The van der Waals surface area contributed by atoms with Gasteiger partial charge < -0.3 is 9.73 Å². The largest absolute Gasteiger partial charge is 0.467 e. The standard InChI is InChI=1S/C22H15Cl3N2O3/c1-12-4-6-14(10-17(12)24)26-20-19(16-7-5-13(23)9-18(16)25)21(28)27(22(20)29)11-15-3-2-8-30-15/h2-10,26H,11H2,1H3. The highest BCUT2D eigenvalue weighted by molar-refractivity contribution is 6.41. The van der Waals surface area contributed by atoms with Crippen LogP contribution in [0.3, 0.4) is 0 Å². The average molecular weight is 462 g/mol. The molecule has 1 aliphatic rings. The molecule has 0 aliphatic carbocycles. The van der Waals surface area contributed by atoms with Crippen LogP contribution in [-0.2, 0) is 16.1 Å². The number of benzene rings is 2. The van der Waals surface area contributed by atoms with Gasteiger partial charge in [0.25, 0.3) is 11.8 Å². The molecule has 1 N–H and O–H groups in total. The SMILES string of the molecule is Cc1ccc(NC2=C(c3ccc(Cl)cc3Cl)C(=O)N(Cc3ccco3)C2=O)cc1Cl. The van der Waals surface area contributed by atoms with E-state index in [2.05, 4.69) is 5.32 Å². The Kier molecular flexibility index (Phi) is 5.60. The number of hydrogen-bond donors (Lipinski definition) is 1. The fourth-order valence-corrected chi connectivity index (χ4v) is 3.83. The van der Waals surface area contributed by atoms with Gasteiger partial charge in [-0.2, -0.15) is 0 Å². The second-order valence-corrected chi connectivity index (χ2v) is 7.99. The van der Waals surface area contributed by atoms with Crippen LogP contribution in [0.1, 0.15) is 16.9 Å². The maximum atomic E-state index is 13.2. The first-order valence-electron chi connectivity index (χ1n) is 8.96. The lowest BCUT2D eigenvalue weighted by Gasteiger charge is -2.14. The zero-order chi connectivity index (χ0) is 21.4. The van der Waals surface area contributed by atoms with Gasteiger partial charge in [-0.3, -0.25) is 14.5 Å². The number of halogens is 3. The molecule has 0 spiro atoms. The molecule has 2 aromatic carbocycles. The van der Waals surface area contributed by atoms with Gasteiger partial charge in [0.1, 0.15) is 11.5 Å². The van der Waals surface area contributed by atoms with Crippen molar-refractivity contribution in [3.05, 3.63) is 92.4 Å². The molecule has 8 heteroatoms. The molecule has 0 radical (unpaired) electrons. The van der Waals surface area contributed by atoms with Gasteiger partial charge >= 0.3 is 0 Å². The van der Waals surface area contributed by atoms with Crippen molar-refractivity contribution in [2.75, 3.05) is 5.32 Å². The molecule has 0 bridgehead atoms. The van der Waals surface area contributed by atoms with E-state index in [9.17, 15) is 9.59 Å². The summed E-state index contributed by atoms with van der Waals surface area (Å²) in [7, 11) is 0. The van der Waals surface area contributed by atoms with E-state index in [0.717, 1.165) is 10.5 Å². The highest BCUT2D eigenvalue weighted by atomic mass is 35.5. The van der Waals surface area contributed by atoms with Crippen molar-refractivity contribution in [1.82, 2.24) is 4.90 Å². The van der Waals surface area contributed by atoms with E-state index in [4.69, 9.17) is 39.2 Å². The Labute approximate surface area is 187 Å². The number of amides is 2. The summed E-state index contributed by atoms with van der Waals surface area (Å²) in [6, 6.07) is 13.4. The lowest BCUT2D eigenvalue weighted by Crippen LogP contribution is -2.31. The fourth-order valence-electron chi connectivity index (χ4n) is 3.15. The molecule has 4 rings (SSSR count). The molecule has 0 unspecified atom stereocenters. The molecule has 5 nitrogen and oxygen atoms in total. The maximum Gasteiger partial charge on any atom is 0.278 e. The average Bonchev–Trinajstić information content (AvgIpc) is 3.29. The topological polar surface area (TPSA) is 62.6 Å². The third-order valence-corrected chi connectivity index (χ3v) is 5.66. The number of imide groups is 1. The Bertz CT molecular complexity index is 1190. The highest BCUT2D eigenvalue weighted by Gasteiger charge is 2.40. The lowest BCUT2D eigenvalue weighted by atomic mass is 10.0. The molecule has 0 fully saturated rings. The van der Waals surface area contributed by atoms with Gasteiger partial charge in [0.15, 0.2) is 0 Å². The summed E-state index contributed by atoms with van der Waals surface area (Å²) in [5.41, 5.74) is 2.14. The van der Waals surface area contributed by atoms with Gasteiger partial charge in [-0.05, 0) is 48.9 Å². The van der Waals surface area contributed by atoms with Crippen molar-refractivity contribution in [1.29, 1.82) is 0 Å². The Morgan fingerprint density at radius 3 is 2.43 bits per heavy atom. The summed E-state index contributed by atoms with van der Waals surface area (Å²) in [4.78, 5) is 27.6. The third-order valence-electron chi connectivity index (χ3n) is 4.70. The van der Waals surface area contributed by atoms with Crippen LogP contribution in [0.4, 0.5) is 5.69 Å². The number of anilines is 1. The third kappa shape index (κ3) is 3.84. The normalized spacial score (nSPS) is 14.1. The van der Waals surface area contributed by atoms with Crippen LogP contribution in [0.5, 0.6) is 0 Å². The Balaban J connectivity index is 1.80. The highest BCUT2D eigenvalue weighted by Crippen LogP contribution is 2.36. The van der Waals surface area contributed by atoms with Gasteiger partial charge in [-0.15, -0.1) is 0 Å². The second-order valence-electron chi connectivity index (χ2n) is 6.74.